The lowest BCUT2D eigenvalue weighted by Crippen LogP contribution is -2.28. The SMILES string of the molecule is O=C(NCCn1c(CCCl)nc2c(F)cccc21)C1CC1. The van der Waals surface area contributed by atoms with E-state index in [0.29, 0.717) is 30.9 Å². The van der Waals surface area contributed by atoms with Crippen LogP contribution in [-0.2, 0) is 17.8 Å². The Morgan fingerprint density at radius 3 is 3.00 bits per heavy atom. The van der Waals surface area contributed by atoms with Crippen molar-refractivity contribution >= 4 is 28.5 Å². The molecule has 0 radical (unpaired) electrons. The smallest absolute Gasteiger partial charge is 0.223 e. The third-order valence-electron chi connectivity index (χ3n) is 3.71. The number of amides is 1. The predicted molar refractivity (Wildman–Crippen MR) is 79.8 cm³/mol. The molecule has 0 saturated heterocycles. The number of hydrogen-bond donors (Lipinski definition) is 1. The second kappa shape index (κ2) is 6.02. The summed E-state index contributed by atoms with van der Waals surface area (Å²) < 4.78 is 15.7. The molecule has 0 unspecified atom stereocenters. The van der Waals surface area contributed by atoms with Gasteiger partial charge in [-0.3, -0.25) is 4.79 Å². The van der Waals surface area contributed by atoms with Crippen molar-refractivity contribution in [2.45, 2.75) is 25.8 Å². The molecule has 3 rings (SSSR count). The number of aryl methyl sites for hydroxylation is 1. The van der Waals surface area contributed by atoms with Crippen LogP contribution in [0.15, 0.2) is 18.2 Å². The zero-order valence-electron chi connectivity index (χ0n) is 11.6. The lowest BCUT2D eigenvalue weighted by Gasteiger charge is -2.09. The molecule has 6 heteroatoms. The van der Waals surface area contributed by atoms with Gasteiger partial charge >= 0.3 is 0 Å². The number of fused-ring (bicyclic) bond motifs is 1. The fraction of sp³-hybridized carbons (Fsp3) is 0.467. The highest BCUT2D eigenvalue weighted by Gasteiger charge is 2.29. The van der Waals surface area contributed by atoms with Crippen molar-refractivity contribution < 1.29 is 9.18 Å². The average molecular weight is 310 g/mol. The lowest BCUT2D eigenvalue weighted by molar-refractivity contribution is -0.122. The molecule has 2 aromatic rings. The fourth-order valence-electron chi connectivity index (χ4n) is 2.47. The number of benzene rings is 1. The minimum atomic E-state index is -0.330. The molecule has 1 aliphatic carbocycles. The van der Waals surface area contributed by atoms with Crippen LogP contribution in [0.3, 0.4) is 0 Å². The van der Waals surface area contributed by atoms with Crippen molar-refractivity contribution in [3.05, 3.63) is 29.8 Å². The normalized spacial score (nSPS) is 14.6. The summed E-state index contributed by atoms with van der Waals surface area (Å²) in [6.07, 6.45) is 2.55. The molecule has 1 aromatic heterocycles. The van der Waals surface area contributed by atoms with Crippen LogP contribution in [-0.4, -0.2) is 27.9 Å². The molecule has 1 fully saturated rings. The number of para-hydroxylation sites is 1. The van der Waals surface area contributed by atoms with E-state index in [1.54, 1.807) is 6.07 Å². The van der Waals surface area contributed by atoms with E-state index in [4.69, 9.17) is 11.6 Å². The second-order valence-corrected chi connectivity index (χ2v) is 5.67. The van der Waals surface area contributed by atoms with Crippen molar-refractivity contribution in [3.8, 4) is 0 Å². The Morgan fingerprint density at radius 2 is 2.29 bits per heavy atom. The molecular formula is C15H17ClFN3O. The number of rotatable bonds is 6. The minimum absolute atomic E-state index is 0.115. The van der Waals surface area contributed by atoms with Gasteiger partial charge < -0.3 is 9.88 Å². The maximum absolute atomic E-state index is 13.8. The number of nitrogens with one attached hydrogen (secondary N) is 1. The summed E-state index contributed by atoms with van der Waals surface area (Å²) in [5.41, 5.74) is 1.11. The van der Waals surface area contributed by atoms with Gasteiger partial charge in [0, 0.05) is 31.3 Å². The number of alkyl halides is 1. The van der Waals surface area contributed by atoms with Gasteiger partial charge in [0.1, 0.15) is 11.3 Å². The fourth-order valence-corrected chi connectivity index (χ4v) is 2.64. The summed E-state index contributed by atoms with van der Waals surface area (Å²) in [5, 5.41) is 2.92. The average Bonchev–Trinajstić information content (AvgIpc) is 3.25. The van der Waals surface area contributed by atoms with Crippen LogP contribution in [0.4, 0.5) is 4.39 Å². The molecule has 1 amide bonds. The molecular weight excluding hydrogens is 293 g/mol. The number of carbonyl (C=O) groups excluding carboxylic acids is 1. The highest BCUT2D eigenvalue weighted by atomic mass is 35.5. The summed E-state index contributed by atoms with van der Waals surface area (Å²) in [4.78, 5) is 16.0. The van der Waals surface area contributed by atoms with E-state index in [1.165, 1.54) is 6.07 Å². The Labute approximate surface area is 127 Å². The molecule has 0 aliphatic heterocycles. The van der Waals surface area contributed by atoms with Gasteiger partial charge in [-0.25, -0.2) is 9.37 Å². The largest absolute Gasteiger partial charge is 0.354 e. The van der Waals surface area contributed by atoms with Crippen LogP contribution >= 0.6 is 11.6 Å². The zero-order valence-corrected chi connectivity index (χ0v) is 12.4. The number of halogens is 2. The zero-order chi connectivity index (χ0) is 14.8. The number of imidazole rings is 1. The lowest BCUT2D eigenvalue weighted by atomic mass is 10.3. The van der Waals surface area contributed by atoms with E-state index in [-0.39, 0.29) is 17.6 Å². The first-order chi connectivity index (χ1) is 10.2. The molecule has 112 valence electrons. The monoisotopic (exact) mass is 309 g/mol. The van der Waals surface area contributed by atoms with E-state index < -0.39 is 0 Å². The van der Waals surface area contributed by atoms with E-state index in [2.05, 4.69) is 10.3 Å². The second-order valence-electron chi connectivity index (χ2n) is 5.29. The maximum Gasteiger partial charge on any atom is 0.223 e. The van der Waals surface area contributed by atoms with E-state index in [1.807, 2.05) is 10.6 Å². The maximum atomic E-state index is 13.8. The summed E-state index contributed by atoms with van der Waals surface area (Å²) >= 11 is 5.79. The third kappa shape index (κ3) is 3.02. The van der Waals surface area contributed by atoms with Crippen LogP contribution in [0.1, 0.15) is 18.7 Å². The molecule has 1 saturated carbocycles. The first-order valence-electron chi connectivity index (χ1n) is 7.18. The highest BCUT2D eigenvalue weighted by Crippen LogP contribution is 2.28. The molecule has 21 heavy (non-hydrogen) atoms. The van der Waals surface area contributed by atoms with Crippen molar-refractivity contribution in [2.75, 3.05) is 12.4 Å². The van der Waals surface area contributed by atoms with Crippen molar-refractivity contribution in [1.82, 2.24) is 14.9 Å². The van der Waals surface area contributed by atoms with Gasteiger partial charge in [-0.1, -0.05) is 6.07 Å². The Hall–Kier alpha value is -1.62. The van der Waals surface area contributed by atoms with Gasteiger partial charge in [0.25, 0.3) is 0 Å². The summed E-state index contributed by atoms with van der Waals surface area (Å²) in [6, 6.07) is 4.91. The van der Waals surface area contributed by atoms with E-state index in [9.17, 15) is 9.18 Å². The molecule has 0 spiro atoms. The number of hydrogen-bond acceptors (Lipinski definition) is 2. The van der Waals surface area contributed by atoms with Gasteiger partial charge in [-0.05, 0) is 25.0 Å². The van der Waals surface area contributed by atoms with Crippen LogP contribution in [0.5, 0.6) is 0 Å². The molecule has 1 heterocycles. The summed E-state index contributed by atoms with van der Waals surface area (Å²) in [6.45, 7) is 1.09. The Bertz CT molecular complexity index is 666. The number of aromatic nitrogens is 2. The third-order valence-corrected chi connectivity index (χ3v) is 3.90. The van der Waals surface area contributed by atoms with Crippen molar-refractivity contribution in [2.24, 2.45) is 5.92 Å². The van der Waals surface area contributed by atoms with Gasteiger partial charge in [0.15, 0.2) is 5.82 Å². The van der Waals surface area contributed by atoms with Crippen LogP contribution < -0.4 is 5.32 Å². The Morgan fingerprint density at radius 1 is 1.48 bits per heavy atom. The van der Waals surface area contributed by atoms with Crippen LogP contribution in [0.2, 0.25) is 0 Å². The van der Waals surface area contributed by atoms with Gasteiger partial charge in [0.05, 0.1) is 5.52 Å². The minimum Gasteiger partial charge on any atom is -0.354 e. The summed E-state index contributed by atoms with van der Waals surface area (Å²) in [7, 11) is 0. The first-order valence-corrected chi connectivity index (χ1v) is 7.71. The first kappa shape index (κ1) is 14.3. The number of carbonyl (C=O) groups is 1. The topological polar surface area (TPSA) is 46.9 Å². The van der Waals surface area contributed by atoms with E-state index in [0.717, 1.165) is 24.2 Å². The summed E-state index contributed by atoms with van der Waals surface area (Å²) in [5.74, 6) is 1.17. The van der Waals surface area contributed by atoms with Crippen LogP contribution in [0, 0.1) is 11.7 Å². The Kier molecular flexibility index (Phi) is 4.10. The van der Waals surface area contributed by atoms with Crippen LogP contribution in [0.25, 0.3) is 11.0 Å². The van der Waals surface area contributed by atoms with Gasteiger partial charge in [0.2, 0.25) is 5.91 Å². The number of nitrogens with zero attached hydrogens (tertiary/aromatic N) is 2. The molecule has 1 N–H and O–H groups in total. The molecule has 1 aromatic carbocycles. The molecule has 4 nitrogen and oxygen atoms in total. The molecule has 0 atom stereocenters. The van der Waals surface area contributed by atoms with Gasteiger partial charge in [-0.2, -0.15) is 0 Å². The van der Waals surface area contributed by atoms with Crippen molar-refractivity contribution in [1.29, 1.82) is 0 Å². The standard InChI is InChI=1S/C15H17ClFN3O/c16-7-6-13-19-14-11(17)2-1-3-12(14)20(13)9-8-18-15(21)10-4-5-10/h1-3,10H,4-9H2,(H,18,21). The van der Waals surface area contributed by atoms with Gasteiger partial charge in [-0.15, -0.1) is 11.6 Å². The molecule has 1 aliphatic rings. The quantitative estimate of drug-likeness (QED) is 0.833. The Balaban J connectivity index is 1.79. The highest BCUT2D eigenvalue weighted by molar-refractivity contribution is 6.17. The van der Waals surface area contributed by atoms with E-state index >= 15 is 0 Å². The predicted octanol–water partition coefficient (Wildman–Crippen LogP) is 2.48. The van der Waals surface area contributed by atoms with Crippen molar-refractivity contribution in [3.63, 3.8) is 0 Å². The molecule has 0 bridgehead atoms.